The Bertz CT molecular complexity index is 2030. The zero-order valence-electron chi connectivity index (χ0n) is 27.4. The molecule has 3 aromatic carbocycles. The number of sulfonamides is 1. The van der Waals surface area contributed by atoms with Crippen molar-refractivity contribution in [2.24, 2.45) is 21.3 Å². The number of hydrogen-bond acceptors (Lipinski definition) is 11. The summed E-state index contributed by atoms with van der Waals surface area (Å²) in [6, 6.07) is 21.3. The third-order valence-electron chi connectivity index (χ3n) is 6.92. The Hall–Kier alpha value is -5.38. The molecule has 1 fully saturated rings. The number of benzene rings is 3. The molecule has 0 atom stereocenters. The Morgan fingerprint density at radius 2 is 1.80 bits per heavy atom. The van der Waals surface area contributed by atoms with Gasteiger partial charge in [-0.2, -0.15) is 5.10 Å². The number of nitrogens with one attached hydrogen (secondary N) is 1. The number of anilines is 1. The van der Waals surface area contributed by atoms with Crippen LogP contribution in [0.4, 0.5) is 5.69 Å². The summed E-state index contributed by atoms with van der Waals surface area (Å²) in [5.41, 5.74) is 1.65. The van der Waals surface area contributed by atoms with Crippen molar-refractivity contribution in [2.45, 2.75) is 25.3 Å². The standard InChI is InChI=1S/C35H35N5O8S2/c1-23(2)21-47-30-15-10-24(17-31(30)45-3)19-37-39-35-40(20-27-8-6-16-46-27)34(42)32(49-35)18-25-7-4-5-9-29(25)48-22-33(41)38-26-11-13-28(14-12-26)50(36,43)44/h4-19,23H,20-22H2,1-3H3,(H,38,41)(H2,36,43,44)/b32-18-,37-19+,39-35-. The molecule has 0 aliphatic carbocycles. The van der Waals surface area contributed by atoms with Crippen LogP contribution in [0.15, 0.2) is 110 Å². The quantitative estimate of drug-likeness (QED) is 0.0970. The first kappa shape index (κ1) is 35.9. The largest absolute Gasteiger partial charge is 0.493 e. The third kappa shape index (κ3) is 9.62. The highest BCUT2D eigenvalue weighted by Crippen LogP contribution is 2.35. The van der Waals surface area contributed by atoms with Crippen LogP contribution in [-0.2, 0) is 26.2 Å². The SMILES string of the molecule is COc1cc(/C=N/N=C2\S/C(=C\c3ccccc3OCC(=O)Nc3ccc(S(N)(=O)=O)cc3)C(=O)N2Cc2ccco2)ccc1OCC(C)C. The van der Waals surface area contributed by atoms with Crippen LogP contribution in [-0.4, -0.2) is 56.8 Å². The van der Waals surface area contributed by atoms with Crippen molar-refractivity contribution in [1.29, 1.82) is 0 Å². The monoisotopic (exact) mass is 717 g/mol. The summed E-state index contributed by atoms with van der Waals surface area (Å²) < 4.78 is 45.6. The van der Waals surface area contributed by atoms with E-state index in [4.69, 9.17) is 23.8 Å². The minimum Gasteiger partial charge on any atom is -0.493 e. The second-order valence-electron chi connectivity index (χ2n) is 11.3. The van der Waals surface area contributed by atoms with E-state index < -0.39 is 15.9 Å². The van der Waals surface area contributed by atoms with Gasteiger partial charge < -0.3 is 23.9 Å². The Balaban J connectivity index is 1.31. The van der Waals surface area contributed by atoms with Crippen molar-refractivity contribution < 1.29 is 36.6 Å². The van der Waals surface area contributed by atoms with Gasteiger partial charge in [0, 0.05) is 11.3 Å². The highest BCUT2D eigenvalue weighted by atomic mass is 32.2. The van der Waals surface area contributed by atoms with Gasteiger partial charge in [0.05, 0.1) is 42.5 Å². The fourth-order valence-corrected chi connectivity index (χ4v) is 5.95. The van der Waals surface area contributed by atoms with Gasteiger partial charge in [-0.05, 0) is 90.0 Å². The number of nitrogens with two attached hydrogens (primary N) is 1. The molecule has 0 saturated carbocycles. The van der Waals surface area contributed by atoms with Gasteiger partial charge in [0.15, 0.2) is 23.3 Å². The van der Waals surface area contributed by atoms with E-state index >= 15 is 0 Å². The molecule has 0 unspecified atom stereocenters. The van der Waals surface area contributed by atoms with Crippen LogP contribution in [0, 0.1) is 5.92 Å². The number of para-hydroxylation sites is 1. The average molecular weight is 718 g/mol. The van der Waals surface area contributed by atoms with E-state index in [0.717, 1.165) is 17.3 Å². The number of thioether (sulfide) groups is 1. The van der Waals surface area contributed by atoms with Gasteiger partial charge in [-0.3, -0.25) is 14.5 Å². The van der Waals surface area contributed by atoms with Crippen molar-refractivity contribution in [3.05, 3.63) is 107 Å². The molecule has 2 heterocycles. The van der Waals surface area contributed by atoms with E-state index in [-0.39, 0.29) is 24.0 Å². The van der Waals surface area contributed by atoms with Crippen molar-refractivity contribution >= 4 is 56.7 Å². The number of nitrogens with zero attached hydrogens (tertiary/aromatic N) is 3. The molecule has 1 aliphatic heterocycles. The minimum atomic E-state index is -3.86. The highest BCUT2D eigenvalue weighted by molar-refractivity contribution is 8.18. The van der Waals surface area contributed by atoms with Gasteiger partial charge in [0.25, 0.3) is 11.8 Å². The summed E-state index contributed by atoms with van der Waals surface area (Å²) >= 11 is 1.14. The summed E-state index contributed by atoms with van der Waals surface area (Å²) in [6.45, 7) is 4.47. The molecular formula is C35H35N5O8S2. The lowest BCUT2D eigenvalue weighted by molar-refractivity contribution is -0.122. The smallest absolute Gasteiger partial charge is 0.267 e. The molecule has 4 aromatic rings. The van der Waals surface area contributed by atoms with Crippen molar-refractivity contribution in [3.63, 3.8) is 0 Å². The van der Waals surface area contributed by atoms with Gasteiger partial charge in [-0.1, -0.05) is 32.0 Å². The molecule has 1 aliphatic rings. The molecule has 50 heavy (non-hydrogen) atoms. The van der Waals surface area contributed by atoms with E-state index in [2.05, 4.69) is 29.4 Å². The fraction of sp³-hybridized carbons (Fsp3) is 0.200. The molecule has 5 rings (SSSR count). The minimum absolute atomic E-state index is 0.0748. The Kier molecular flexibility index (Phi) is 11.7. The van der Waals surface area contributed by atoms with Crippen LogP contribution in [0.5, 0.6) is 17.2 Å². The molecular weight excluding hydrogens is 683 g/mol. The number of primary sulfonamides is 1. The molecule has 3 N–H and O–H groups in total. The Morgan fingerprint density at radius 1 is 1.02 bits per heavy atom. The molecule has 260 valence electrons. The zero-order chi connectivity index (χ0) is 35.7. The number of furan rings is 1. The predicted octanol–water partition coefficient (Wildman–Crippen LogP) is 5.49. The third-order valence-corrected chi connectivity index (χ3v) is 8.85. The molecule has 15 heteroatoms. The number of ether oxygens (including phenoxy) is 3. The number of methoxy groups -OCH3 is 1. The number of amidine groups is 1. The first-order valence-corrected chi connectivity index (χ1v) is 17.7. The summed E-state index contributed by atoms with van der Waals surface area (Å²) in [6.07, 6.45) is 4.75. The van der Waals surface area contributed by atoms with Crippen LogP contribution >= 0.6 is 11.8 Å². The summed E-state index contributed by atoms with van der Waals surface area (Å²) in [4.78, 5) is 28.0. The second kappa shape index (κ2) is 16.3. The number of carbonyl (C=O) groups excluding carboxylic acids is 2. The molecule has 1 saturated heterocycles. The number of carbonyl (C=O) groups is 2. The van der Waals surface area contributed by atoms with E-state index in [1.54, 1.807) is 61.9 Å². The van der Waals surface area contributed by atoms with E-state index in [1.807, 2.05) is 12.1 Å². The van der Waals surface area contributed by atoms with Gasteiger partial charge >= 0.3 is 0 Å². The predicted molar refractivity (Wildman–Crippen MR) is 192 cm³/mol. The van der Waals surface area contributed by atoms with E-state index in [0.29, 0.717) is 56.9 Å². The normalized spacial score (nSPS) is 15.0. The van der Waals surface area contributed by atoms with Crippen LogP contribution < -0.4 is 24.7 Å². The Labute approximate surface area is 293 Å². The second-order valence-corrected chi connectivity index (χ2v) is 13.8. The van der Waals surface area contributed by atoms with Gasteiger partial charge in [0.1, 0.15) is 11.5 Å². The lowest BCUT2D eigenvalue weighted by atomic mass is 10.2. The first-order chi connectivity index (χ1) is 24.0. The molecule has 13 nitrogen and oxygen atoms in total. The summed E-state index contributed by atoms with van der Waals surface area (Å²) in [5, 5.41) is 16.7. The van der Waals surface area contributed by atoms with Gasteiger partial charge in [-0.15, -0.1) is 5.10 Å². The topological polar surface area (TPSA) is 175 Å². The average Bonchev–Trinajstić information content (AvgIpc) is 3.71. The van der Waals surface area contributed by atoms with E-state index in [1.165, 1.54) is 35.4 Å². The van der Waals surface area contributed by atoms with Crippen LogP contribution in [0.3, 0.4) is 0 Å². The van der Waals surface area contributed by atoms with Crippen LogP contribution in [0.2, 0.25) is 0 Å². The zero-order valence-corrected chi connectivity index (χ0v) is 29.1. The number of rotatable bonds is 14. The molecule has 0 bridgehead atoms. The number of amides is 2. The lowest BCUT2D eigenvalue weighted by Gasteiger charge is -2.13. The van der Waals surface area contributed by atoms with Crippen LogP contribution in [0.25, 0.3) is 6.08 Å². The van der Waals surface area contributed by atoms with Crippen molar-refractivity contribution in [3.8, 4) is 17.2 Å². The van der Waals surface area contributed by atoms with Gasteiger partial charge in [-0.25, -0.2) is 13.6 Å². The highest BCUT2D eigenvalue weighted by Gasteiger charge is 2.34. The maximum Gasteiger partial charge on any atom is 0.267 e. The molecule has 0 spiro atoms. The summed E-state index contributed by atoms with van der Waals surface area (Å²) in [7, 11) is -2.29. The van der Waals surface area contributed by atoms with Crippen molar-refractivity contribution in [2.75, 3.05) is 25.6 Å². The number of hydrogen-bond donors (Lipinski definition) is 2. The van der Waals surface area contributed by atoms with Crippen LogP contribution in [0.1, 0.15) is 30.7 Å². The molecule has 1 aromatic heterocycles. The Morgan fingerprint density at radius 3 is 2.50 bits per heavy atom. The first-order valence-electron chi connectivity index (χ1n) is 15.3. The molecule has 2 amide bonds. The van der Waals surface area contributed by atoms with Crippen molar-refractivity contribution in [1.82, 2.24) is 4.90 Å². The maximum atomic E-state index is 13.7. The fourth-order valence-electron chi connectivity index (χ4n) is 4.51. The van der Waals surface area contributed by atoms with E-state index in [9.17, 15) is 18.0 Å². The van der Waals surface area contributed by atoms with Gasteiger partial charge in [0.2, 0.25) is 10.0 Å². The maximum absolute atomic E-state index is 13.7. The lowest BCUT2D eigenvalue weighted by Crippen LogP contribution is -2.28. The molecule has 0 radical (unpaired) electrons. The summed E-state index contributed by atoms with van der Waals surface area (Å²) in [5.74, 6) is 1.69.